The molecule has 0 bridgehead atoms. The van der Waals surface area contributed by atoms with Crippen LogP contribution in [0.1, 0.15) is 24.9 Å². The number of ether oxygens (including phenoxy) is 3. The lowest BCUT2D eigenvalue weighted by molar-refractivity contribution is -0.143. The van der Waals surface area contributed by atoms with Crippen molar-refractivity contribution in [1.29, 1.82) is 0 Å². The standard InChI is InChI=1S/C12H15NO4/c1-2-15-11(14)6-9(13)8-4-3-5-10-12(8)17-7-16-10/h3-5,9H,2,6-7,13H2,1H3/t9-/m0/s1. The summed E-state index contributed by atoms with van der Waals surface area (Å²) >= 11 is 0. The normalized spacial score (nSPS) is 14.5. The first-order valence-electron chi connectivity index (χ1n) is 5.52. The van der Waals surface area contributed by atoms with E-state index in [-0.39, 0.29) is 19.2 Å². The Hall–Kier alpha value is -1.75. The van der Waals surface area contributed by atoms with Crippen molar-refractivity contribution < 1.29 is 19.0 Å². The zero-order valence-electron chi connectivity index (χ0n) is 9.64. The smallest absolute Gasteiger partial charge is 0.307 e. The fraction of sp³-hybridized carbons (Fsp3) is 0.417. The van der Waals surface area contributed by atoms with Crippen LogP contribution in [0, 0.1) is 0 Å². The van der Waals surface area contributed by atoms with Gasteiger partial charge in [-0.05, 0) is 13.0 Å². The molecule has 5 heteroatoms. The lowest BCUT2D eigenvalue weighted by Crippen LogP contribution is -2.17. The summed E-state index contributed by atoms with van der Waals surface area (Å²) in [7, 11) is 0. The molecule has 1 aliphatic heterocycles. The molecule has 0 aliphatic carbocycles. The predicted molar refractivity (Wildman–Crippen MR) is 60.7 cm³/mol. The zero-order valence-corrected chi connectivity index (χ0v) is 9.64. The van der Waals surface area contributed by atoms with Gasteiger partial charge in [0.2, 0.25) is 6.79 Å². The number of esters is 1. The molecular weight excluding hydrogens is 222 g/mol. The first kappa shape index (κ1) is 11.7. The van der Waals surface area contributed by atoms with E-state index in [1.807, 2.05) is 18.2 Å². The van der Waals surface area contributed by atoms with Crippen LogP contribution in [0.2, 0.25) is 0 Å². The predicted octanol–water partition coefficient (Wildman–Crippen LogP) is 1.37. The highest BCUT2D eigenvalue weighted by atomic mass is 16.7. The van der Waals surface area contributed by atoms with Crippen LogP contribution >= 0.6 is 0 Å². The number of hydrogen-bond acceptors (Lipinski definition) is 5. The second kappa shape index (κ2) is 5.05. The summed E-state index contributed by atoms with van der Waals surface area (Å²) in [6.07, 6.45) is 0.133. The molecule has 1 aromatic rings. The van der Waals surface area contributed by atoms with E-state index in [1.54, 1.807) is 6.92 Å². The van der Waals surface area contributed by atoms with Gasteiger partial charge in [-0.3, -0.25) is 4.79 Å². The summed E-state index contributed by atoms with van der Waals surface area (Å²) in [5.74, 6) is 0.989. The summed E-state index contributed by atoms with van der Waals surface area (Å²) in [5.41, 5.74) is 6.73. The van der Waals surface area contributed by atoms with E-state index in [0.717, 1.165) is 5.56 Å². The van der Waals surface area contributed by atoms with Gasteiger partial charge < -0.3 is 19.9 Å². The minimum Gasteiger partial charge on any atom is -0.466 e. The molecule has 0 radical (unpaired) electrons. The molecular formula is C12H15NO4. The number of rotatable bonds is 4. The van der Waals surface area contributed by atoms with Crippen molar-refractivity contribution in [3.63, 3.8) is 0 Å². The fourth-order valence-corrected chi connectivity index (χ4v) is 1.75. The Labute approximate surface area is 99.5 Å². The van der Waals surface area contributed by atoms with Gasteiger partial charge in [-0.25, -0.2) is 0 Å². The molecule has 2 N–H and O–H groups in total. The summed E-state index contributed by atoms with van der Waals surface area (Å²) in [6, 6.07) is 5.03. The molecule has 0 saturated heterocycles. The number of benzene rings is 1. The summed E-state index contributed by atoms with van der Waals surface area (Å²) in [6.45, 7) is 2.32. The minimum absolute atomic E-state index is 0.133. The number of para-hydroxylation sites is 1. The molecule has 1 aromatic carbocycles. The Morgan fingerprint density at radius 3 is 3.12 bits per heavy atom. The summed E-state index contributed by atoms with van der Waals surface area (Å²) < 4.78 is 15.4. The topological polar surface area (TPSA) is 70.8 Å². The number of nitrogens with two attached hydrogens (primary N) is 1. The van der Waals surface area contributed by atoms with Gasteiger partial charge in [-0.15, -0.1) is 0 Å². The molecule has 1 heterocycles. The average Bonchev–Trinajstić information content (AvgIpc) is 2.76. The highest BCUT2D eigenvalue weighted by Crippen LogP contribution is 2.38. The maximum atomic E-state index is 11.4. The van der Waals surface area contributed by atoms with E-state index in [2.05, 4.69) is 0 Å². The zero-order chi connectivity index (χ0) is 12.3. The van der Waals surface area contributed by atoms with Gasteiger partial charge in [-0.2, -0.15) is 0 Å². The van der Waals surface area contributed by atoms with Gasteiger partial charge in [0.1, 0.15) is 0 Å². The number of fused-ring (bicyclic) bond motifs is 1. The molecule has 0 amide bonds. The van der Waals surface area contributed by atoms with Crippen molar-refractivity contribution in [2.75, 3.05) is 13.4 Å². The summed E-state index contributed by atoms with van der Waals surface area (Å²) in [5, 5.41) is 0. The van der Waals surface area contributed by atoms with Crippen molar-refractivity contribution in [3.8, 4) is 11.5 Å². The molecule has 17 heavy (non-hydrogen) atoms. The molecule has 0 fully saturated rings. The Balaban J connectivity index is 2.12. The van der Waals surface area contributed by atoms with E-state index in [1.165, 1.54) is 0 Å². The van der Waals surface area contributed by atoms with Crippen LogP contribution in [0.15, 0.2) is 18.2 Å². The van der Waals surface area contributed by atoms with E-state index in [4.69, 9.17) is 19.9 Å². The SMILES string of the molecule is CCOC(=O)C[C@H](N)c1cccc2c1OCO2. The first-order chi connectivity index (χ1) is 8.22. The van der Waals surface area contributed by atoms with Crippen molar-refractivity contribution in [1.82, 2.24) is 0 Å². The molecule has 1 aliphatic rings. The van der Waals surface area contributed by atoms with E-state index in [0.29, 0.717) is 18.1 Å². The Kier molecular flexibility index (Phi) is 3.49. The lowest BCUT2D eigenvalue weighted by Gasteiger charge is -2.13. The number of carbonyl (C=O) groups is 1. The molecule has 2 rings (SSSR count). The van der Waals surface area contributed by atoms with Crippen molar-refractivity contribution >= 4 is 5.97 Å². The molecule has 0 unspecified atom stereocenters. The van der Waals surface area contributed by atoms with Crippen molar-refractivity contribution in [2.45, 2.75) is 19.4 Å². The Morgan fingerprint density at radius 2 is 2.35 bits per heavy atom. The second-order valence-corrected chi connectivity index (χ2v) is 3.70. The largest absolute Gasteiger partial charge is 0.466 e. The maximum Gasteiger partial charge on any atom is 0.307 e. The Bertz CT molecular complexity index is 419. The van der Waals surface area contributed by atoms with Gasteiger partial charge in [0.05, 0.1) is 13.0 Å². The molecule has 0 saturated carbocycles. The van der Waals surface area contributed by atoms with Crippen LogP contribution in [0.5, 0.6) is 11.5 Å². The lowest BCUT2D eigenvalue weighted by atomic mass is 10.0. The maximum absolute atomic E-state index is 11.4. The van der Waals surface area contributed by atoms with E-state index < -0.39 is 6.04 Å². The molecule has 5 nitrogen and oxygen atoms in total. The summed E-state index contributed by atoms with van der Waals surface area (Å²) in [4.78, 5) is 11.4. The quantitative estimate of drug-likeness (QED) is 0.801. The van der Waals surface area contributed by atoms with Crippen molar-refractivity contribution in [3.05, 3.63) is 23.8 Å². The van der Waals surface area contributed by atoms with Crippen LogP contribution in [-0.4, -0.2) is 19.4 Å². The van der Waals surface area contributed by atoms with E-state index >= 15 is 0 Å². The molecule has 0 spiro atoms. The molecule has 1 atom stereocenters. The van der Waals surface area contributed by atoms with Crippen LogP contribution in [0.4, 0.5) is 0 Å². The minimum atomic E-state index is -0.439. The first-order valence-corrected chi connectivity index (χ1v) is 5.52. The second-order valence-electron chi connectivity index (χ2n) is 3.70. The van der Waals surface area contributed by atoms with Gasteiger partial charge >= 0.3 is 5.97 Å². The van der Waals surface area contributed by atoms with Crippen molar-refractivity contribution in [2.24, 2.45) is 5.73 Å². The number of hydrogen-bond donors (Lipinski definition) is 1. The third-order valence-corrected chi connectivity index (χ3v) is 2.52. The van der Waals surface area contributed by atoms with Gasteiger partial charge in [0.15, 0.2) is 11.5 Å². The molecule has 0 aromatic heterocycles. The van der Waals surface area contributed by atoms with Crippen LogP contribution in [0.3, 0.4) is 0 Å². The third kappa shape index (κ3) is 2.50. The van der Waals surface area contributed by atoms with Crippen LogP contribution in [-0.2, 0) is 9.53 Å². The average molecular weight is 237 g/mol. The van der Waals surface area contributed by atoms with Crippen LogP contribution < -0.4 is 15.2 Å². The third-order valence-electron chi connectivity index (χ3n) is 2.52. The molecule has 92 valence electrons. The number of carbonyl (C=O) groups excluding carboxylic acids is 1. The Morgan fingerprint density at radius 1 is 1.53 bits per heavy atom. The van der Waals surface area contributed by atoms with Gasteiger partial charge in [-0.1, -0.05) is 12.1 Å². The highest BCUT2D eigenvalue weighted by Gasteiger charge is 2.22. The van der Waals surface area contributed by atoms with Crippen LogP contribution in [0.25, 0.3) is 0 Å². The fourth-order valence-electron chi connectivity index (χ4n) is 1.75. The van der Waals surface area contributed by atoms with Gasteiger partial charge in [0, 0.05) is 11.6 Å². The highest BCUT2D eigenvalue weighted by molar-refractivity contribution is 5.70. The van der Waals surface area contributed by atoms with E-state index in [9.17, 15) is 4.79 Å². The monoisotopic (exact) mass is 237 g/mol. The van der Waals surface area contributed by atoms with Gasteiger partial charge in [0.25, 0.3) is 0 Å².